The number of unbranched alkanes of at least 4 members (excludes halogenated alkanes) is 1. The molecule has 2 rings (SSSR count). The SMILES string of the molecule is CCCCNc1ccc(NS(=O)(=O)c2ccccc2)nn1. The van der Waals surface area contributed by atoms with Crippen molar-refractivity contribution in [3.63, 3.8) is 0 Å². The van der Waals surface area contributed by atoms with Crippen molar-refractivity contribution >= 4 is 21.7 Å². The van der Waals surface area contributed by atoms with Gasteiger partial charge in [0.15, 0.2) is 5.82 Å². The Labute approximate surface area is 124 Å². The molecular weight excluding hydrogens is 288 g/mol. The molecule has 7 heteroatoms. The number of nitrogens with zero attached hydrogens (tertiary/aromatic N) is 2. The molecule has 0 aliphatic heterocycles. The molecule has 2 aromatic rings. The fourth-order valence-corrected chi connectivity index (χ4v) is 2.69. The van der Waals surface area contributed by atoms with Crippen molar-refractivity contribution in [2.45, 2.75) is 24.7 Å². The van der Waals surface area contributed by atoms with E-state index in [0.29, 0.717) is 5.82 Å². The maximum absolute atomic E-state index is 12.1. The smallest absolute Gasteiger partial charge is 0.263 e. The summed E-state index contributed by atoms with van der Waals surface area (Å²) in [5, 5.41) is 10.9. The van der Waals surface area contributed by atoms with E-state index in [1.54, 1.807) is 30.3 Å². The predicted molar refractivity (Wildman–Crippen MR) is 82.7 cm³/mol. The molecular formula is C14H18N4O2S. The Balaban J connectivity index is 2.03. The van der Waals surface area contributed by atoms with E-state index in [1.807, 2.05) is 0 Å². The first-order valence-corrected chi connectivity index (χ1v) is 8.25. The first-order valence-electron chi connectivity index (χ1n) is 6.77. The van der Waals surface area contributed by atoms with Crippen LogP contribution in [-0.2, 0) is 10.0 Å². The quantitative estimate of drug-likeness (QED) is 0.768. The van der Waals surface area contributed by atoms with Crippen LogP contribution in [-0.4, -0.2) is 25.2 Å². The molecule has 21 heavy (non-hydrogen) atoms. The van der Waals surface area contributed by atoms with Gasteiger partial charge in [0, 0.05) is 6.54 Å². The normalized spacial score (nSPS) is 11.1. The summed E-state index contributed by atoms with van der Waals surface area (Å²) in [4.78, 5) is 0.192. The summed E-state index contributed by atoms with van der Waals surface area (Å²) in [7, 11) is -3.62. The van der Waals surface area contributed by atoms with Crippen LogP contribution >= 0.6 is 0 Å². The highest BCUT2D eigenvalue weighted by Crippen LogP contribution is 2.14. The molecule has 0 atom stereocenters. The van der Waals surface area contributed by atoms with Crippen LogP contribution in [0.1, 0.15) is 19.8 Å². The number of nitrogens with one attached hydrogen (secondary N) is 2. The van der Waals surface area contributed by atoms with Crippen molar-refractivity contribution in [1.82, 2.24) is 10.2 Å². The van der Waals surface area contributed by atoms with Gasteiger partial charge in [-0.05, 0) is 30.7 Å². The zero-order valence-corrected chi connectivity index (χ0v) is 12.6. The van der Waals surface area contributed by atoms with E-state index in [4.69, 9.17) is 0 Å². The van der Waals surface area contributed by atoms with E-state index in [9.17, 15) is 8.42 Å². The van der Waals surface area contributed by atoms with Crippen molar-refractivity contribution < 1.29 is 8.42 Å². The second kappa shape index (κ2) is 7.03. The minimum Gasteiger partial charge on any atom is -0.369 e. The van der Waals surface area contributed by atoms with Crippen LogP contribution in [0.5, 0.6) is 0 Å². The molecule has 1 aromatic carbocycles. The van der Waals surface area contributed by atoms with Gasteiger partial charge in [0.2, 0.25) is 0 Å². The maximum atomic E-state index is 12.1. The minimum atomic E-state index is -3.62. The average Bonchev–Trinajstić information content (AvgIpc) is 2.50. The second-order valence-corrected chi connectivity index (χ2v) is 6.19. The number of benzene rings is 1. The fourth-order valence-electron chi connectivity index (χ4n) is 1.67. The number of aromatic nitrogens is 2. The Kier molecular flexibility index (Phi) is 5.10. The maximum Gasteiger partial charge on any atom is 0.263 e. The summed E-state index contributed by atoms with van der Waals surface area (Å²) in [6, 6.07) is 11.4. The molecule has 1 aromatic heterocycles. The van der Waals surface area contributed by atoms with Crippen molar-refractivity contribution in [3.8, 4) is 0 Å². The Morgan fingerprint density at radius 3 is 2.29 bits per heavy atom. The Bertz CT molecular complexity index is 657. The molecule has 0 amide bonds. The number of anilines is 2. The molecule has 0 aliphatic carbocycles. The monoisotopic (exact) mass is 306 g/mol. The second-order valence-electron chi connectivity index (χ2n) is 4.50. The average molecular weight is 306 g/mol. The fraction of sp³-hybridized carbons (Fsp3) is 0.286. The third kappa shape index (κ3) is 4.42. The highest BCUT2D eigenvalue weighted by atomic mass is 32.2. The van der Waals surface area contributed by atoms with Crippen LogP contribution in [0.3, 0.4) is 0 Å². The summed E-state index contributed by atoms with van der Waals surface area (Å²) in [6.07, 6.45) is 2.14. The molecule has 2 N–H and O–H groups in total. The van der Waals surface area contributed by atoms with Crippen molar-refractivity contribution in [3.05, 3.63) is 42.5 Å². The summed E-state index contributed by atoms with van der Waals surface area (Å²) >= 11 is 0. The molecule has 0 spiro atoms. The lowest BCUT2D eigenvalue weighted by atomic mass is 10.3. The molecule has 112 valence electrons. The van der Waals surface area contributed by atoms with Crippen molar-refractivity contribution in [2.24, 2.45) is 0 Å². The summed E-state index contributed by atoms with van der Waals surface area (Å²) < 4.78 is 26.6. The molecule has 0 fully saturated rings. The van der Waals surface area contributed by atoms with Crippen LogP contribution in [0, 0.1) is 0 Å². The van der Waals surface area contributed by atoms with E-state index < -0.39 is 10.0 Å². The summed E-state index contributed by atoms with van der Waals surface area (Å²) in [6.45, 7) is 2.93. The van der Waals surface area contributed by atoms with Gasteiger partial charge >= 0.3 is 0 Å². The first kappa shape index (κ1) is 15.2. The van der Waals surface area contributed by atoms with Crippen molar-refractivity contribution in [2.75, 3.05) is 16.6 Å². The Morgan fingerprint density at radius 2 is 1.67 bits per heavy atom. The Morgan fingerprint density at radius 1 is 1.00 bits per heavy atom. The summed E-state index contributed by atoms with van der Waals surface area (Å²) in [5.41, 5.74) is 0. The summed E-state index contributed by atoms with van der Waals surface area (Å²) in [5.74, 6) is 0.825. The molecule has 0 bridgehead atoms. The number of hydrogen-bond donors (Lipinski definition) is 2. The third-order valence-corrected chi connectivity index (χ3v) is 4.16. The van der Waals surface area contributed by atoms with E-state index >= 15 is 0 Å². The van der Waals surface area contributed by atoms with Gasteiger partial charge in [-0.1, -0.05) is 31.5 Å². The van der Waals surface area contributed by atoms with Gasteiger partial charge in [-0.25, -0.2) is 8.42 Å². The zero-order chi connectivity index (χ0) is 15.1. The van der Waals surface area contributed by atoms with E-state index in [1.165, 1.54) is 12.1 Å². The minimum absolute atomic E-state index is 0.192. The van der Waals surface area contributed by atoms with Crippen molar-refractivity contribution in [1.29, 1.82) is 0 Å². The molecule has 0 radical (unpaired) electrons. The lowest BCUT2D eigenvalue weighted by molar-refractivity contribution is 0.601. The number of rotatable bonds is 7. The van der Waals surface area contributed by atoms with Gasteiger partial charge in [-0.2, -0.15) is 0 Å². The molecule has 6 nitrogen and oxygen atoms in total. The number of hydrogen-bond acceptors (Lipinski definition) is 5. The van der Waals surface area contributed by atoms with Gasteiger partial charge in [-0.15, -0.1) is 10.2 Å². The predicted octanol–water partition coefficient (Wildman–Crippen LogP) is 2.49. The molecule has 0 saturated carbocycles. The van der Waals surface area contributed by atoms with Crippen LogP contribution < -0.4 is 10.0 Å². The van der Waals surface area contributed by atoms with E-state index in [-0.39, 0.29) is 10.7 Å². The lowest BCUT2D eigenvalue weighted by Gasteiger charge is -2.08. The first-order chi connectivity index (χ1) is 10.1. The molecule has 0 aliphatic rings. The highest BCUT2D eigenvalue weighted by molar-refractivity contribution is 7.92. The van der Waals surface area contributed by atoms with Gasteiger partial charge in [0.05, 0.1) is 4.90 Å². The van der Waals surface area contributed by atoms with Crippen LogP contribution in [0.4, 0.5) is 11.6 Å². The Hall–Kier alpha value is -2.15. The largest absolute Gasteiger partial charge is 0.369 e. The van der Waals surface area contributed by atoms with Crippen LogP contribution in [0.25, 0.3) is 0 Å². The van der Waals surface area contributed by atoms with Gasteiger partial charge in [0.25, 0.3) is 10.0 Å². The molecule has 0 saturated heterocycles. The molecule has 1 heterocycles. The van der Waals surface area contributed by atoms with Gasteiger partial charge < -0.3 is 5.32 Å². The highest BCUT2D eigenvalue weighted by Gasteiger charge is 2.14. The van der Waals surface area contributed by atoms with Crippen LogP contribution in [0.15, 0.2) is 47.4 Å². The third-order valence-electron chi connectivity index (χ3n) is 2.79. The standard InChI is InChI=1S/C14H18N4O2S/c1-2-3-11-15-13-9-10-14(17-16-13)18-21(19,20)12-7-5-4-6-8-12/h4-10H,2-3,11H2,1H3,(H,15,16)(H,17,18). The number of sulfonamides is 1. The lowest BCUT2D eigenvalue weighted by Crippen LogP contribution is -2.14. The topological polar surface area (TPSA) is 84.0 Å². The van der Waals surface area contributed by atoms with Crippen LogP contribution in [0.2, 0.25) is 0 Å². The van der Waals surface area contributed by atoms with E-state index in [0.717, 1.165) is 19.4 Å². The molecule has 0 unspecified atom stereocenters. The van der Waals surface area contributed by atoms with Gasteiger partial charge in [0.1, 0.15) is 5.82 Å². The van der Waals surface area contributed by atoms with E-state index in [2.05, 4.69) is 27.2 Å². The van der Waals surface area contributed by atoms with Gasteiger partial charge in [-0.3, -0.25) is 4.72 Å². The zero-order valence-electron chi connectivity index (χ0n) is 11.8.